The Morgan fingerprint density at radius 2 is 1.90 bits per heavy atom. The van der Waals surface area contributed by atoms with E-state index >= 15 is 0 Å². The number of carbonyl (C=O) groups is 1. The standard InChI is InChI=1S/C13H10ClFN2O3S/c14-11-5-4-8(6-12(11)21(16,19)20)13(18)17-10-3-1-2-9(15)7-10/h1-7H,(H,17,18)(H2,16,19,20). The van der Waals surface area contributed by atoms with Gasteiger partial charge in [0.2, 0.25) is 10.0 Å². The molecule has 0 radical (unpaired) electrons. The molecule has 0 aromatic heterocycles. The third kappa shape index (κ3) is 3.78. The molecular weight excluding hydrogens is 319 g/mol. The number of nitrogens with two attached hydrogens (primary N) is 1. The van der Waals surface area contributed by atoms with Gasteiger partial charge in [-0.05, 0) is 36.4 Å². The molecule has 5 nitrogen and oxygen atoms in total. The van der Waals surface area contributed by atoms with E-state index in [1.165, 1.54) is 30.3 Å². The largest absolute Gasteiger partial charge is 0.322 e. The van der Waals surface area contributed by atoms with Gasteiger partial charge >= 0.3 is 0 Å². The first kappa shape index (κ1) is 15.4. The molecule has 0 aliphatic heterocycles. The summed E-state index contributed by atoms with van der Waals surface area (Å²) < 4.78 is 35.7. The van der Waals surface area contributed by atoms with Crippen LogP contribution in [0.3, 0.4) is 0 Å². The highest BCUT2D eigenvalue weighted by molar-refractivity contribution is 7.89. The molecule has 0 saturated carbocycles. The summed E-state index contributed by atoms with van der Waals surface area (Å²) >= 11 is 5.73. The molecule has 0 aliphatic carbocycles. The molecule has 0 bridgehead atoms. The van der Waals surface area contributed by atoms with Gasteiger partial charge in [0.1, 0.15) is 10.7 Å². The van der Waals surface area contributed by atoms with Crippen molar-refractivity contribution in [3.8, 4) is 0 Å². The first-order chi connectivity index (χ1) is 9.77. The zero-order valence-corrected chi connectivity index (χ0v) is 12.1. The molecule has 0 fully saturated rings. The predicted molar refractivity (Wildman–Crippen MR) is 77.2 cm³/mol. The quantitative estimate of drug-likeness (QED) is 0.906. The molecule has 0 saturated heterocycles. The minimum atomic E-state index is -4.04. The molecule has 0 spiro atoms. The summed E-state index contributed by atoms with van der Waals surface area (Å²) in [4.78, 5) is 11.7. The molecule has 2 aromatic carbocycles. The zero-order chi connectivity index (χ0) is 15.6. The minimum absolute atomic E-state index is 0.0349. The average molecular weight is 329 g/mol. The number of rotatable bonds is 3. The van der Waals surface area contributed by atoms with Gasteiger partial charge < -0.3 is 5.32 Å². The maximum atomic E-state index is 13.0. The summed E-state index contributed by atoms with van der Waals surface area (Å²) in [6, 6.07) is 8.95. The van der Waals surface area contributed by atoms with E-state index in [0.717, 1.165) is 12.1 Å². The van der Waals surface area contributed by atoms with Gasteiger partial charge in [-0.15, -0.1) is 0 Å². The number of hydrogen-bond acceptors (Lipinski definition) is 3. The summed E-state index contributed by atoms with van der Waals surface area (Å²) in [7, 11) is -4.04. The molecular formula is C13H10ClFN2O3S. The van der Waals surface area contributed by atoms with Crippen molar-refractivity contribution in [2.75, 3.05) is 5.32 Å². The predicted octanol–water partition coefficient (Wildman–Crippen LogP) is 2.38. The number of nitrogens with one attached hydrogen (secondary N) is 1. The number of hydrogen-bond donors (Lipinski definition) is 2. The molecule has 0 heterocycles. The van der Waals surface area contributed by atoms with Gasteiger partial charge in [0.05, 0.1) is 5.02 Å². The van der Waals surface area contributed by atoms with Gasteiger partial charge in [-0.1, -0.05) is 17.7 Å². The fourth-order valence-corrected chi connectivity index (χ4v) is 2.70. The van der Waals surface area contributed by atoms with E-state index in [1.54, 1.807) is 0 Å². The van der Waals surface area contributed by atoms with Gasteiger partial charge in [-0.3, -0.25) is 4.79 Å². The Bertz CT molecular complexity index is 809. The smallest absolute Gasteiger partial charge is 0.255 e. The van der Waals surface area contributed by atoms with Crippen molar-refractivity contribution in [2.24, 2.45) is 5.14 Å². The first-order valence-electron chi connectivity index (χ1n) is 5.66. The summed E-state index contributed by atoms with van der Waals surface area (Å²) in [6.45, 7) is 0. The van der Waals surface area contributed by atoms with Crippen LogP contribution in [-0.4, -0.2) is 14.3 Å². The molecule has 110 valence electrons. The van der Waals surface area contributed by atoms with Gasteiger partial charge in [-0.2, -0.15) is 0 Å². The van der Waals surface area contributed by atoms with Crippen LogP contribution in [0.1, 0.15) is 10.4 Å². The second kappa shape index (κ2) is 5.80. The Kier molecular flexibility index (Phi) is 4.26. The lowest BCUT2D eigenvalue weighted by molar-refractivity contribution is 0.102. The molecule has 0 atom stereocenters. The van der Waals surface area contributed by atoms with Crippen LogP contribution in [0.25, 0.3) is 0 Å². The van der Waals surface area contributed by atoms with E-state index < -0.39 is 21.7 Å². The Hall–Kier alpha value is -1.96. The molecule has 2 rings (SSSR count). The first-order valence-corrected chi connectivity index (χ1v) is 7.59. The number of primary sulfonamides is 1. The highest BCUT2D eigenvalue weighted by atomic mass is 35.5. The number of sulfonamides is 1. The Labute approximate surface area is 125 Å². The van der Waals surface area contributed by atoms with Crippen molar-refractivity contribution < 1.29 is 17.6 Å². The van der Waals surface area contributed by atoms with Crippen LogP contribution in [0.4, 0.5) is 10.1 Å². The lowest BCUT2D eigenvalue weighted by atomic mass is 10.2. The third-order valence-corrected chi connectivity index (χ3v) is 3.97. The number of carbonyl (C=O) groups excluding carboxylic acids is 1. The Morgan fingerprint density at radius 1 is 1.19 bits per heavy atom. The SMILES string of the molecule is NS(=O)(=O)c1cc(C(=O)Nc2cccc(F)c2)ccc1Cl. The molecule has 3 N–H and O–H groups in total. The Morgan fingerprint density at radius 3 is 2.52 bits per heavy atom. The third-order valence-electron chi connectivity index (χ3n) is 2.58. The average Bonchev–Trinajstić information content (AvgIpc) is 2.37. The summed E-state index contributed by atoms with van der Waals surface area (Å²) in [6.07, 6.45) is 0. The topological polar surface area (TPSA) is 89.3 Å². The van der Waals surface area contributed by atoms with Crippen molar-refractivity contribution in [3.05, 3.63) is 58.9 Å². The molecule has 21 heavy (non-hydrogen) atoms. The normalized spacial score (nSPS) is 11.2. The monoisotopic (exact) mass is 328 g/mol. The molecule has 8 heteroatoms. The van der Waals surface area contributed by atoms with Crippen LogP contribution in [0.5, 0.6) is 0 Å². The van der Waals surface area contributed by atoms with E-state index in [1.807, 2.05) is 0 Å². The summed E-state index contributed by atoms with van der Waals surface area (Å²) in [5.74, 6) is -1.11. The molecule has 2 aromatic rings. The second-order valence-electron chi connectivity index (χ2n) is 4.15. The molecule has 0 unspecified atom stereocenters. The highest BCUT2D eigenvalue weighted by Gasteiger charge is 2.16. The van der Waals surface area contributed by atoms with E-state index in [4.69, 9.17) is 16.7 Å². The minimum Gasteiger partial charge on any atom is -0.322 e. The fourth-order valence-electron chi connectivity index (χ4n) is 1.63. The number of amides is 1. The van der Waals surface area contributed by atoms with Crippen LogP contribution in [0.15, 0.2) is 47.4 Å². The summed E-state index contributed by atoms with van der Waals surface area (Å²) in [5, 5.41) is 7.36. The Balaban J connectivity index is 2.32. The summed E-state index contributed by atoms with van der Waals surface area (Å²) in [5.41, 5.74) is 0.278. The van der Waals surface area contributed by atoms with Crippen molar-refractivity contribution in [1.82, 2.24) is 0 Å². The van der Waals surface area contributed by atoms with E-state index in [9.17, 15) is 17.6 Å². The van der Waals surface area contributed by atoms with Crippen LogP contribution in [0.2, 0.25) is 5.02 Å². The van der Waals surface area contributed by atoms with Crippen LogP contribution < -0.4 is 10.5 Å². The van der Waals surface area contributed by atoms with Crippen molar-refractivity contribution in [3.63, 3.8) is 0 Å². The van der Waals surface area contributed by atoms with E-state index in [2.05, 4.69) is 5.32 Å². The van der Waals surface area contributed by atoms with Crippen molar-refractivity contribution in [2.45, 2.75) is 4.90 Å². The van der Waals surface area contributed by atoms with Gasteiger partial charge in [0, 0.05) is 11.3 Å². The van der Waals surface area contributed by atoms with E-state index in [-0.39, 0.29) is 21.2 Å². The maximum Gasteiger partial charge on any atom is 0.255 e. The van der Waals surface area contributed by atoms with Crippen molar-refractivity contribution in [1.29, 1.82) is 0 Å². The molecule has 1 amide bonds. The number of halogens is 2. The van der Waals surface area contributed by atoms with Crippen molar-refractivity contribution >= 4 is 33.2 Å². The van der Waals surface area contributed by atoms with Crippen LogP contribution in [0, 0.1) is 5.82 Å². The number of anilines is 1. The van der Waals surface area contributed by atoms with Gasteiger partial charge in [0.15, 0.2) is 0 Å². The fraction of sp³-hybridized carbons (Fsp3) is 0. The highest BCUT2D eigenvalue weighted by Crippen LogP contribution is 2.22. The van der Waals surface area contributed by atoms with E-state index in [0.29, 0.717) is 0 Å². The number of benzene rings is 2. The van der Waals surface area contributed by atoms with Gasteiger partial charge in [-0.25, -0.2) is 17.9 Å². The zero-order valence-electron chi connectivity index (χ0n) is 10.5. The van der Waals surface area contributed by atoms with Crippen LogP contribution >= 0.6 is 11.6 Å². The second-order valence-corrected chi connectivity index (χ2v) is 6.09. The maximum absolute atomic E-state index is 13.0. The van der Waals surface area contributed by atoms with Crippen LogP contribution in [-0.2, 0) is 10.0 Å². The molecule has 0 aliphatic rings. The lowest BCUT2D eigenvalue weighted by Gasteiger charge is -2.07. The lowest BCUT2D eigenvalue weighted by Crippen LogP contribution is -2.16. The van der Waals surface area contributed by atoms with Gasteiger partial charge in [0.25, 0.3) is 5.91 Å².